The van der Waals surface area contributed by atoms with Crippen molar-refractivity contribution in [1.29, 1.82) is 0 Å². The fourth-order valence-electron chi connectivity index (χ4n) is 1.73. The summed E-state index contributed by atoms with van der Waals surface area (Å²) in [6.07, 6.45) is 3.49. The maximum absolute atomic E-state index is 10.1. The van der Waals surface area contributed by atoms with Crippen LogP contribution in [0.5, 0.6) is 5.75 Å². The summed E-state index contributed by atoms with van der Waals surface area (Å²) in [7, 11) is 1.62. The van der Waals surface area contributed by atoms with Gasteiger partial charge in [0.2, 0.25) is 0 Å². The molecule has 0 radical (unpaired) electrons. The van der Waals surface area contributed by atoms with Gasteiger partial charge in [0.15, 0.2) is 0 Å². The molecule has 2 rings (SSSR count). The van der Waals surface area contributed by atoms with Crippen molar-refractivity contribution in [3.8, 4) is 5.75 Å². The third-order valence-electron chi connectivity index (χ3n) is 2.69. The molecular formula is C14H14BrNO2. The van der Waals surface area contributed by atoms with Crippen LogP contribution in [0.2, 0.25) is 0 Å². The van der Waals surface area contributed by atoms with Crippen molar-refractivity contribution in [2.75, 3.05) is 7.11 Å². The van der Waals surface area contributed by atoms with E-state index in [-0.39, 0.29) is 0 Å². The summed E-state index contributed by atoms with van der Waals surface area (Å²) in [6.45, 7) is 0. The fraction of sp³-hybridized carbons (Fsp3) is 0.214. The van der Waals surface area contributed by atoms with E-state index in [4.69, 9.17) is 4.74 Å². The van der Waals surface area contributed by atoms with Crippen LogP contribution in [0.1, 0.15) is 17.2 Å². The highest BCUT2D eigenvalue weighted by Gasteiger charge is 2.09. The Morgan fingerprint density at radius 2 is 2.00 bits per heavy atom. The van der Waals surface area contributed by atoms with E-state index in [9.17, 15) is 5.11 Å². The molecule has 0 saturated carbocycles. The SMILES string of the molecule is COc1ccc(C(O)Cc2cncc(Br)c2)cc1. The molecule has 1 atom stereocenters. The lowest BCUT2D eigenvalue weighted by Crippen LogP contribution is -2.02. The summed E-state index contributed by atoms with van der Waals surface area (Å²) >= 11 is 3.37. The molecule has 1 unspecified atom stereocenters. The number of methoxy groups -OCH3 is 1. The summed E-state index contributed by atoms with van der Waals surface area (Å²) in [6, 6.07) is 9.39. The third-order valence-corrected chi connectivity index (χ3v) is 3.12. The second-order valence-electron chi connectivity index (χ2n) is 4.00. The number of rotatable bonds is 4. The first kappa shape index (κ1) is 13.1. The zero-order valence-corrected chi connectivity index (χ0v) is 11.6. The highest BCUT2D eigenvalue weighted by molar-refractivity contribution is 9.10. The first-order valence-corrected chi connectivity index (χ1v) is 6.40. The first-order valence-electron chi connectivity index (χ1n) is 5.60. The molecule has 0 bridgehead atoms. The molecule has 0 aliphatic heterocycles. The summed E-state index contributed by atoms with van der Waals surface area (Å²) in [5.74, 6) is 0.787. The Bertz CT molecular complexity index is 513. The topological polar surface area (TPSA) is 42.4 Å². The fourth-order valence-corrected chi connectivity index (χ4v) is 2.15. The van der Waals surface area contributed by atoms with Gasteiger partial charge in [-0.25, -0.2) is 0 Å². The lowest BCUT2D eigenvalue weighted by atomic mass is 10.0. The largest absolute Gasteiger partial charge is 0.497 e. The summed E-state index contributed by atoms with van der Waals surface area (Å²) in [5.41, 5.74) is 1.86. The van der Waals surface area contributed by atoms with Gasteiger partial charge in [-0.3, -0.25) is 4.98 Å². The average Bonchev–Trinajstić information content (AvgIpc) is 2.39. The Labute approximate surface area is 115 Å². The minimum Gasteiger partial charge on any atom is -0.497 e. The van der Waals surface area contributed by atoms with Crippen molar-refractivity contribution in [2.24, 2.45) is 0 Å². The molecule has 18 heavy (non-hydrogen) atoms. The summed E-state index contributed by atoms with van der Waals surface area (Å²) in [5, 5.41) is 10.1. The zero-order chi connectivity index (χ0) is 13.0. The van der Waals surface area contributed by atoms with Crippen LogP contribution >= 0.6 is 15.9 Å². The molecule has 1 aromatic carbocycles. The molecule has 3 nitrogen and oxygen atoms in total. The monoisotopic (exact) mass is 307 g/mol. The van der Waals surface area contributed by atoms with E-state index in [1.54, 1.807) is 19.5 Å². The van der Waals surface area contributed by atoms with Gasteiger partial charge in [-0.15, -0.1) is 0 Å². The predicted molar refractivity (Wildman–Crippen MR) is 73.6 cm³/mol. The van der Waals surface area contributed by atoms with Crippen molar-refractivity contribution in [1.82, 2.24) is 4.98 Å². The van der Waals surface area contributed by atoms with Crippen LogP contribution in [0.25, 0.3) is 0 Å². The van der Waals surface area contributed by atoms with Crippen molar-refractivity contribution < 1.29 is 9.84 Å². The van der Waals surface area contributed by atoms with E-state index >= 15 is 0 Å². The molecule has 0 saturated heterocycles. The number of hydrogen-bond donors (Lipinski definition) is 1. The van der Waals surface area contributed by atoms with Gasteiger partial charge in [0.05, 0.1) is 13.2 Å². The lowest BCUT2D eigenvalue weighted by Gasteiger charge is -2.11. The minimum atomic E-state index is -0.535. The predicted octanol–water partition coefficient (Wildman–Crippen LogP) is 3.13. The Balaban J connectivity index is 2.09. The van der Waals surface area contributed by atoms with Crippen molar-refractivity contribution in [2.45, 2.75) is 12.5 Å². The highest BCUT2D eigenvalue weighted by atomic mass is 79.9. The second-order valence-corrected chi connectivity index (χ2v) is 4.92. The van der Waals surface area contributed by atoms with E-state index in [2.05, 4.69) is 20.9 Å². The highest BCUT2D eigenvalue weighted by Crippen LogP contribution is 2.21. The molecular weight excluding hydrogens is 294 g/mol. The molecule has 94 valence electrons. The Hall–Kier alpha value is -1.39. The maximum atomic E-state index is 10.1. The van der Waals surface area contributed by atoms with Gasteiger partial charge in [0, 0.05) is 23.3 Å². The number of pyridine rings is 1. The van der Waals surface area contributed by atoms with Crippen LogP contribution in [-0.2, 0) is 6.42 Å². The van der Waals surface area contributed by atoms with E-state index in [1.807, 2.05) is 30.3 Å². The summed E-state index contributed by atoms with van der Waals surface area (Å²) < 4.78 is 6.00. The lowest BCUT2D eigenvalue weighted by molar-refractivity contribution is 0.178. The quantitative estimate of drug-likeness (QED) is 0.943. The van der Waals surface area contributed by atoms with Crippen LogP contribution in [0, 0.1) is 0 Å². The van der Waals surface area contributed by atoms with Crippen LogP contribution in [0.4, 0.5) is 0 Å². The zero-order valence-electron chi connectivity index (χ0n) is 10.0. The number of halogens is 1. The van der Waals surface area contributed by atoms with Gasteiger partial charge in [-0.2, -0.15) is 0 Å². The molecule has 0 amide bonds. The summed E-state index contributed by atoms with van der Waals surface area (Å²) in [4.78, 5) is 4.08. The van der Waals surface area contributed by atoms with Gasteiger partial charge in [0.25, 0.3) is 0 Å². The van der Waals surface area contributed by atoms with Crippen molar-refractivity contribution in [3.63, 3.8) is 0 Å². The molecule has 1 heterocycles. The number of aromatic nitrogens is 1. The van der Waals surface area contributed by atoms with Gasteiger partial charge in [-0.05, 0) is 45.3 Å². The molecule has 0 fully saturated rings. The third kappa shape index (κ3) is 3.31. The number of aliphatic hydroxyl groups is 1. The number of ether oxygens (including phenoxy) is 1. The van der Waals surface area contributed by atoms with Crippen molar-refractivity contribution in [3.05, 3.63) is 58.3 Å². The molecule has 0 spiro atoms. The molecule has 1 aromatic heterocycles. The van der Waals surface area contributed by atoms with Crippen LogP contribution in [-0.4, -0.2) is 17.2 Å². The normalized spacial score (nSPS) is 12.2. The number of hydrogen-bond acceptors (Lipinski definition) is 3. The van der Waals surface area contributed by atoms with Gasteiger partial charge in [0.1, 0.15) is 5.75 Å². The number of benzene rings is 1. The Morgan fingerprint density at radius 3 is 2.61 bits per heavy atom. The van der Waals surface area contributed by atoms with Crippen LogP contribution in [0.15, 0.2) is 47.2 Å². The molecule has 1 N–H and O–H groups in total. The molecule has 4 heteroatoms. The van der Waals surface area contributed by atoms with E-state index in [0.717, 1.165) is 21.3 Å². The van der Waals surface area contributed by atoms with Gasteiger partial charge < -0.3 is 9.84 Å². The van der Waals surface area contributed by atoms with Gasteiger partial charge in [-0.1, -0.05) is 12.1 Å². The van der Waals surface area contributed by atoms with E-state index < -0.39 is 6.10 Å². The minimum absolute atomic E-state index is 0.535. The Kier molecular flexibility index (Phi) is 4.33. The standard InChI is InChI=1S/C14H14BrNO2/c1-18-13-4-2-11(3-5-13)14(17)7-10-6-12(15)9-16-8-10/h2-6,8-9,14,17H,7H2,1H3. The van der Waals surface area contributed by atoms with E-state index in [0.29, 0.717) is 6.42 Å². The number of aliphatic hydroxyl groups excluding tert-OH is 1. The van der Waals surface area contributed by atoms with Crippen molar-refractivity contribution >= 4 is 15.9 Å². The molecule has 2 aromatic rings. The number of nitrogens with zero attached hydrogens (tertiary/aromatic N) is 1. The maximum Gasteiger partial charge on any atom is 0.118 e. The second kappa shape index (κ2) is 5.98. The van der Waals surface area contributed by atoms with E-state index in [1.165, 1.54) is 0 Å². The molecule has 0 aliphatic rings. The first-order chi connectivity index (χ1) is 8.69. The van der Waals surface area contributed by atoms with Crippen LogP contribution < -0.4 is 4.74 Å². The average molecular weight is 308 g/mol. The smallest absolute Gasteiger partial charge is 0.118 e. The van der Waals surface area contributed by atoms with Gasteiger partial charge >= 0.3 is 0 Å². The molecule has 0 aliphatic carbocycles. The Morgan fingerprint density at radius 1 is 1.28 bits per heavy atom. The van der Waals surface area contributed by atoms with Crippen LogP contribution in [0.3, 0.4) is 0 Å².